The van der Waals surface area contributed by atoms with Gasteiger partial charge in [-0.05, 0) is 68.2 Å². The highest BCUT2D eigenvalue weighted by atomic mass is 32.1. The second kappa shape index (κ2) is 14.6. The van der Waals surface area contributed by atoms with Crippen LogP contribution in [0.4, 0.5) is 0 Å². The number of aliphatic carboxylic acids is 2. The smallest absolute Gasteiger partial charge is 0.323 e. The Morgan fingerprint density at radius 2 is 1.57 bits per heavy atom. The molecule has 4 aromatic rings. The molecule has 10 heteroatoms. The number of carbonyl (C=O) groups is 4. The molecule has 9 nitrogen and oxygen atoms in total. The van der Waals surface area contributed by atoms with Crippen molar-refractivity contribution in [3.05, 3.63) is 64.5 Å². The summed E-state index contributed by atoms with van der Waals surface area (Å²) in [6.07, 6.45) is 4.16. The van der Waals surface area contributed by atoms with Gasteiger partial charge in [0.2, 0.25) is 5.91 Å². The van der Waals surface area contributed by atoms with Gasteiger partial charge in [-0.25, -0.2) is 0 Å². The van der Waals surface area contributed by atoms with E-state index in [9.17, 15) is 24.4 Å². The third-order valence-electron chi connectivity index (χ3n) is 7.58. The van der Waals surface area contributed by atoms with Gasteiger partial charge in [-0.3, -0.25) is 19.2 Å². The zero-order chi connectivity index (χ0) is 31.8. The number of thiophene rings is 1. The molecule has 0 fully saturated rings. The summed E-state index contributed by atoms with van der Waals surface area (Å²) in [5, 5.41) is 29.9. The summed E-state index contributed by atoms with van der Waals surface area (Å²) in [6.45, 7) is 3.68. The summed E-state index contributed by atoms with van der Waals surface area (Å²) < 4.78 is 2.31. The van der Waals surface area contributed by atoms with Crippen LogP contribution >= 0.6 is 11.3 Å². The Morgan fingerprint density at radius 1 is 0.909 bits per heavy atom. The van der Waals surface area contributed by atoms with E-state index in [1.807, 2.05) is 6.92 Å². The number of carbonyl (C=O) groups excluding carboxylic acids is 2. The molecule has 0 saturated carbocycles. The van der Waals surface area contributed by atoms with Gasteiger partial charge in [0, 0.05) is 50.9 Å². The maximum absolute atomic E-state index is 12.8. The molecule has 0 aliphatic heterocycles. The zero-order valence-electron chi connectivity index (χ0n) is 24.8. The fourth-order valence-electron chi connectivity index (χ4n) is 5.40. The van der Waals surface area contributed by atoms with Crippen LogP contribution in [0, 0.1) is 18.3 Å². The van der Waals surface area contributed by atoms with E-state index < -0.39 is 30.9 Å². The predicted octanol–water partition coefficient (Wildman–Crippen LogP) is 6.67. The number of fused-ring (bicyclic) bond motifs is 3. The minimum absolute atomic E-state index is 0.0332. The normalized spacial score (nSPS) is 11.5. The van der Waals surface area contributed by atoms with Crippen LogP contribution in [-0.4, -0.2) is 56.4 Å². The number of carboxylic acids is 2. The molecule has 0 aliphatic rings. The van der Waals surface area contributed by atoms with Crippen molar-refractivity contribution in [1.29, 1.82) is 5.26 Å². The van der Waals surface area contributed by atoms with E-state index in [0.717, 1.165) is 32.3 Å². The van der Waals surface area contributed by atoms with Crippen LogP contribution in [0.2, 0.25) is 0 Å². The molecule has 4 rings (SSSR count). The Morgan fingerprint density at radius 3 is 2.23 bits per heavy atom. The van der Waals surface area contributed by atoms with E-state index in [2.05, 4.69) is 66.1 Å². The average Bonchev–Trinajstić information content (AvgIpc) is 3.52. The Labute approximate surface area is 259 Å². The number of aromatic nitrogens is 1. The second-order valence-electron chi connectivity index (χ2n) is 10.7. The number of hydrogen-bond acceptors (Lipinski definition) is 6. The van der Waals surface area contributed by atoms with Gasteiger partial charge in [-0.15, -0.1) is 11.3 Å². The monoisotopic (exact) mass is 613 g/mol. The maximum atomic E-state index is 12.8. The van der Waals surface area contributed by atoms with E-state index >= 15 is 0 Å². The number of amides is 1. The van der Waals surface area contributed by atoms with Crippen molar-refractivity contribution in [3.8, 4) is 16.5 Å². The molecular formula is C34H35N3O6S. The lowest BCUT2D eigenvalue weighted by Crippen LogP contribution is -2.39. The number of carboxylic acid groups (broad SMARTS) is 2. The second-order valence-corrected chi connectivity index (χ2v) is 11.8. The largest absolute Gasteiger partial charge is 0.480 e. The molecule has 1 amide bonds. The molecule has 2 aromatic carbocycles. The summed E-state index contributed by atoms with van der Waals surface area (Å²) >= 11 is 1.55. The van der Waals surface area contributed by atoms with E-state index in [-0.39, 0.29) is 24.2 Å². The first-order chi connectivity index (χ1) is 21.1. The number of ketones is 1. The number of hydrogen-bond donors (Lipinski definition) is 2. The lowest BCUT2D eigenvalue weighted by Gasteiger charge is -2.18. The first kappa shape index (κ1) is 32.2. The summed E-state index contributed by atoms with van der Waals surface area (Å²) in [6, 6.07) is 19.0. The Kier molecular flexibility index (Phi) is 10.7. The van der Waals surface area contributed by atoms with Crippen molar-refractivity contribution >= 4 is 62.8 Å². The Hall–Kier alpha value is -4.75. The van der Waals surface area contributed by atoms with Gasteiger partial charge in [-0.1, -0.05) is 37.1 Å². The van der Waals surface area contributed by atoms with Crippen LogP contribution in [-0.2, 0) is 25.7 Å². The highest BCUT2D eigenvalue weighted by molar-refractivity contribution is 7.16. The quantitative estimate of drug-likeness (QED) is 0.0867. The number of allylic oxidation sites excluding steroid dienone is 1. The van der Waals surface area contributed by atoms with Crippen molar-refractivity contribution in [2.75, 3.05) is 13.1 Å². The zero-order valence-corrected chi connectivity index (χ0v) is 25.7. The van der Waals surface area contributed by atoms with Crippen LogP contribution in [0.1, 0.15) is 55.9 Å². The fraction of sp³-hybridized carbons (Fsp3) is 0.324. The number of Topliss-reactive ketones (excluding diaryl/α,β-unsaturated/α-hetero) is 1. The van der Waals surface area contributed by atoms with E-state index in [4.69, 9.17) is 10.2 Å². The maximum Gasteiger partial charge on any atom is 0.323 e. The Balaban J connectivity index is 1.36. The van der Waals surface area contributed by atoms with Crippen molar-refractivity contribution in [1.82, 2.24) is 9.47 Å². The number of unbranched alkanes of at least 4 members (excludes halogenated alkanes) is 3. The molecule has 0 atom stereocenters. The molecule has 0 saturated heterocycles. The van der Waals surface area contributed by atoms with Crippen molar-refractivity contribution in [3.63, 3.8) is 0 Å². The molecule has 2 N–H and O–H groups in total. The summed E-state index contributed by atoms with van der Waals surface area (Å²) in [5.74, 6) is -3.31. The van der Waals surface area contributed by atoms with Crippen LogP contribution < -0.4 is 0 Å². The van der Waals surface area contributed by atoms with Crippen LogP contribution in [0.15, 0.2) is 54.1 Å². The molecule has 0 spiro atoms. The van der Waals surface area contributed by atoms with Gasteiger partial charge < -0.3 is 19.7 Å². The van der Waals surface area contributed by atoms with Crippen molar-refractivity contribution < 1.29 is 29.4 Å². The molecule has 0 aliphatic carbocycles. The van der Waals surface area contributed by atoms with Gasteiger partial charge in [0.1, 0.15) is 19.2 Å². The summed E-state index contributed by atoms with van der Waals surface area (Å²) in [7, 11) is 0. The number of aryl methyl sites for hydroxylation is 2. The lowest BCUT2D eigenvalue weighted by atomic mass is 10.0. The standard InChI is InChI=1S/C34H35N3O6S/c1-3-37-27-11-9-8-10-25(27)26-17-23(14-15-28(26)37)31-16-22(2)30(44-31)18-24(19-35)29(38)12-6-4-5-7-13-32(39)36(20-33(40)41)21-34(42)43/h8-11,14-18H,3-7,12-13,20-21H2,1-2H3,(H,40,41)(H,42,43)/b24-18+. The minimum atomic E-state index is -1.27. The molecule has 0 bridgehead atoms. The number of nitriles is 1. The number of rotatable bonds is 15. The highest BCUT2D eigenvalue weighted by Crippen LogP contribution is 2.37. The minimum Gasteiger partial charge on any atom is -0.480 e. The topological polar surface area (TPSA) is 141 Å². The molecule has 228 valence electrons. The molecular weight excluding hydrogens is 578 g/mol. The Bertz CT molecular complexity index is 1780. The summed E-state index contributed by atoms with van der Waals surface area (Å²) in [4.78, 5) is 49.6. The molecule has 44 heavy (non-hydrogen) atoms. The highest BCUT2D eigenvalue weighted by Gasteiger charge is 2.19. The first-order valence-corrected chi connectivity index (χ1v) is 15.4. The lowest BCUT2D eigenvalue weighted by molar-refractivity contribution is -0.149. The van der Waals surface area contributed by atoms with Gasteiger partial charge >= 0.3 is 11.9 Å². The molecule has 2 heterocycles. The molecule has 0 unspecified atom stereocenters. The number of para-hydroxylation sites is 1. The first-order valence-electron chi connectivity index (χ1n) is 14.6. The van der Waals surface area contributed by atoms with Crippen molar-refractivity contribution in [2.45, 2.75) is 58.9 Å². The van der Waals surface area contributed by atoms with E-state index in [0.29, 0.717) is 25.7 Å². The van der Waals surface area contributed by atoms with Crippen molar-refractivity contribution in [2.24, 2.45) is 0 Å². The van der Waals surface area contributed by atoms with E-state index in [1.165, 1.54) is 21.8 Å². The van der Waals surface area contributed by atoms with Crippen LogP contribution in [0.5, 0.6) is 0 Å². The third kappa shape index (κ3) is 7.60. The summed E-state index contributed by atoms with van der Waals surface area (Å²) in [5.41, 5.74) is 4.58. The van der Waals surface area contributed by atoms with E-state index in [1.54, 1.807) is 17.4 Å². The number of nitrogens with zero attached hydrogens (tertiary/aromatic N) is 3. The predicted molar refractivity (Wildman–Crippen MR) is 171 cm³/mol. The average molecular weight is 614 g/mol. The van der Waals surface area contributed by atoms with Gasteiger partial charge in [0.25, 0.3) is 0 Å². The van der Waals surface area contributed by atoms with Crippen LogP contribution in [0.25, 0.3) is 38.3 Å². The van der Waals surface area contributed by atoms with Gasteiger partial charge in [0.15, 0.2) is 5.78 Å². The SMILES string of the molecule is CCn1c2ccccc2c2cc(-c3cc(C)c(/C=C(\C#N)C(=O)CCCCCCC(=O)N(CC(=O)O)CC(=O)O)s3)ccc21. The fourth-order valence-corrected chi connectivity index (χ4v) is 6.52. The molecule has 2 aromatic heterocycles. The number of benzene rings is 2. The van der Waals surface area contributed by atoms with Gasteiger partial charge in [-0.2, -0.15) is 5.26 Å². The third-order valence-corrected chi connectivity index (χ3v) is 8.81. The molecule has 0 radical (unpaired) electrons. The van der Waals surface area contributed by atoms with Crippen LogP contribution in [0.3, 0.4) is 0 Å². The van der Waals surface area contributed by atoms with Gasteiger partial charge in [0.05, 0.1) is 5.57 Å².